The SMILES string of the molecule is Br.O=C(CN1C=CN(CC(=O)c2ccc(-c3ccccc3)cc2)C1)c1ccc(-c2ccccc2)cc1. The number of hydrogen-bond acceptors (Lipinski definition) is 4. The molecule has 0 aliphatic carbocycles. The molecule has 0 spiro atoms. The van der Waals surface area contributed by atoms with Crippen LogP contribution in [0.25, 0.3) is 22.3 Å². The topological polar surface area (TPSA) is 40.6 Å². The molecule has 0 radical (unpaired) electrons. The number of rotatable bonds is 8. The highest BCUT2D eigenvalue weighted by Crippen LogP contribution is 2.21. The van der Waals surface area contributed by atoms with E-state index in [4.69, 9.17) is 0 Å². The van der Waals surface area contributed by atoms with Crippen LogP contribution in [0.5, 0.6) is 0 Å². The third-order valence-electron chi connectivity index (χ3n) is 6.17. The van der Waals surface area contributed by atoms with Gasteiger partial charge in [0, 0.05) is 23.5 Å². The molecular formula is C31H27BrN2O2. The summed E-state index contributed by atoms with van der Waals surface area (Å²) in [5, 5.41) is 0. The second kappa shape index (κ2) is 11.6. The average molecular weight is 539 g/mol. The van der Waals surface area contributed by atoms with E-state index in [0.717, 1.165) is 22.3 Å². The zero-order chi connectivity index (χ0) is 24.0. The lowest BCUT2D eigenvalue weighted by atomic mass is 10.0. The summed E-state index contributed by atoms with van der Waals surface area (Å²) < 4.78 is 0. The molecule has 0 aromatic heterocycles. The number of carbonyl (C=O) groups is 2. The van der Waals surface area contributed by atoms with Gasteiger partial charge in [0.2, 0.25) is 0 Å². The van der Waals surface area contributed by atoms with Crippen LogP contribution >= 0.6 is 17.0 Å². The van der Waals surface area contributed by atoms with Gasteiger partial charge in [0.1, 0.15) is 0 Å². The summed E-state index contributed by atoms with van der Waals surface area (Å²) in [6, 6.07) is 35.7. The highest BCUT2D eigenvalue weighted by molar-refractivity contribution is 8.93. The van der Waals surface area contributed by atoms with Gasteiger partial charge in [0.25, 0.3) is 0 Å². The molecule has 4 aromatic carbocycles. The van der Waals surface area contributed by atoms with Gasteiger partial charge >= 0.3 is 0 Å². The van der Waals surface area contributed by atoms with Gasteiger partial charge in [-0.2, -0.15) is 0 Å². The Morgan fingerprint density at radius 2 is 0.833 bits per heavy atom. The number of nitrogens with zero attached hydrogens (tertiary/aromatic N) is 2. The molecule has 36 heavy (non-hydrogen) atoms. The van der Waals surface area contributed by atoms with Crippen molar-refractivity contribution in [2.24, 2.45) is 0 Å². The van der Waals surface area contributed by atoms with Gasteiger partial charge in [-0.15, -0.1) is 17.0 Å². The van der Waals surface area contributed by atoms with Crippen molar-refractivity contribution < 1.29 is 9.59 Å². The zero-order valence-electron chi connectivity index (χ0n) is 19.8. The Balaban J connectivity index is 0.00000304. The summed E-state index contributed by atoms with van der Waals surface area (Å²) >= 11 is 0. The molecule has 5 heteroatoms. The van der Waals surface area contributed by atoms with Gasteiger partial charge < -0.3 is 9.80 Å². The van der Waals surface area contributed by atoms with E-state index in [1.165, 1.54) is 0 Å². The predicted octanol–water partition coefficient (Wildman–Crippen LogP) is 6.71. The van der Waals surface area contributed by atoms with E-state index in [0.29, 0.717) is 17.8 Å². The van der Waals surface area contributed by atoms with E-state index in [2.05, 4.69) is 24.3 Å². The zero-order valence-corrected chi connectivity index (χ0v) is 21.5. The Bertz CT molecular complexity index is 1230. The molecule has 0 saturated carbocycles. The highest BCUT2D eigenvalue weighted by Gasteiger charge is 2.19. The third kappa shape index (κ3) is 5.99. The van der Waals surface area contributed by atoms with Gasteiger partial charge in [-0.1, -0.05) is 109 Å². The monoisotopic (exact) mass is 538 g/mol. The van der Waals surface area contributed by atoms with Crippen LogP contribution < -0.4 is 0 Å². The Hall–Kier alpha value is -3.96. The van der Waals surface area contributed by atoms with Gasteiger partial charge in [-0.3, -0.25) is 9.59 Å². The normalized spacial score (nSPS) is 12.3. The average Bonchev–Trinajstić information content (AvgIpc) is 3.36. The molecule has 180 valence electrons. The van der Waals surface area contributed by atoms with E-state index in [1.54, 1.807) is 0 Å². The number of Topliss-reactive ketones (excluding diaryl/α,β-unsaturated/α-hetero) is 2. The van der Waals surface area contributed by atoms with E-state index < -0.39 is 0 Å². The number of ketones is 2. The van der Waals surface area contributed by atoms with Gasteiger partial charge in [-0.05, 0) is 22.3 Å². The Labute approximate surface area is 222 Å². The molecule has 1 aliphatic rings. The summed E-state index contributed by atoms with van der Waals surface area (Å²) in [5.74, 6) is 0.109. The lowest BCUT2D eigenvalue weighted by Gasteiger charge is -2.20. The van der Waals surface area contributed by atoms with Gasteiger partial charge in [-0.25, -0.2) is 0 Å². The molecular weight excluding hydrogens is 512 g/mol. The summed E-state index contributed by atoms with van der Waals surface area (Å²) in [6.07, 6.45) is 3.75. The molecule has 0 atom stereocenters. The fourth-order valence-corrected chi connectivity index (χ4v) is 4.23. The lowest BCUT2D eigenvalue weighted by Crippen LogP contribution is -2.32. The minimum Gasteiger partial charge on any atom is -0.351 e. The maximum Gasteiger partial charge on any atom is 0.182 e. The molecule has 0 fully saturated rings. The summed E-state index contributed by atoms with van der Waals surface area (Å²) in [7, 11) is 0. The number of benzene rings is 4. The van der Waals surface area contributed by atoms with E-state index >= 15 is 0 Å². The van der Waals surface area contributed by atoms with Crippen molar-refractivity contribution >= 4 is 28.5 Å². The van der Waals surface area contributed by atoms with Crippen LogP contribution in [0.4, 0.5) is 0 Å². The van der Waals surface area contributed by atoms with E-state index in [1.807, 2.05) is 107 Å². The summed E-state index contributed by atoms with van der Waals surface area (Å²) in [4.78, 5) is 29.4. The first-order valence-corrected chi connectivity index (χ1v) is 11.7. The second-order valence-electron chi connectivity index (χ2n) is 8.67. The minimum absolute atomic E-state index is 0. The molecule has 5 rings (SSSR count). The predicted molar refractivity (Wildman–Crippen MR) is 150 cm³/mol. The fourth-order valence-electron chi connectivity index (χ4n) is 4.23. The van der Waals surface area contributed by atoms with Crippen molar-refractivity contribution in [3.05, 3.63) is 133 Å². The Morgan fingerprint density at radius 3 is 1.19 bits per heavy atom. The van der Waals surface area contributed by atoms with E-state index in [-0.39, 0.29) is 41.6 Å². The number of hydrogen-bond donors (Lipinski definition) is 0. The fraction of sp³-hybridized carbons (Fsp3) is 0.0968. The van der Waals surface area contributed by atoms with Gasteiger partial charge in [0.05, 0.1) is 19.8 Å². The minimum atomic E-state index is 0. The van der Waals surface area contributed by atoms with Crippen molar-refractivity contribution in [3.8, 4) is 22.3 Å². The smallest absolute Gasteiger partial charge is 0.182 e. The number of halogens is 1. The molecule has 1 heterocycles. The largest absolute Gasteiger partial charge is 0.351 e. The first-order chi connectivity index (χ1) is 17.2. The van der Waals surface area contributed by atoms with Crippen LogP contribution in [0.3, 0.4) is 0 Å². The van der Waals surface area contributed by atoms with Crippen molar-refractivity contribution in [3.63, 3.8) is 0 Å². The summed E-state index contributed by atoms with van der Waals surface area (Å²) in [6.45, 7) is 1.07. The Kier molecular flexibility index (Phi) is 8.13. The van der Waals surface area contributed by atoms with Crippen LogP contribution in [0, 0.1) is 0 Å². The molecule has 0 N–H and O–H groups in total. The molecule has 0 saturated heterocycles. The highest BCUT2D eigenvalue weighted by atomic mass is 79.9. The van der Waals surface area contributed by atoms with Gasteiger partial charge in [0.15, 0.2) is 11.6 Å². The quantitative estimate of drug-likeness (QED) is 0.234. The molecule has 0 unspecified atom stereocenters. The standard InChI is InChI=1S/C31H26N2O2.BrH/c34-30(28-15-11-26(12-16-28)24-7-3-1-4-8-24)21-32-19-20-33(23-32)22-31(35)29-17-13-27(14-18-29)25-9-5-2-6-10-25;/h1-20H,21-23H2;1H. The molecule has 0 bridgehead atoms. The first kappa shape index (κ1) is 25.1. The van der Waals surface area contributed by atoms with Crippen molar-refractivity contribution in [2.75, 3.05) is 19.8 Å². The molecule has 1 aliphatic heterocycles. The van der Waals surface area contributed by atoms with Crippen LogP contribution in [-0.2, 0) is 0 Å². The maximum absolute atomic E-state index is 12.8. The summed E-state index contributed by atoms with van der Waals surface area (Å²) in [5.41, 5.74) is 5.81. The van der Waals surface area contributed by atoms with Crippen molar-refractivity contribution in [1.82, 2.24) is 9.80 Å². The third-order valence-corrected chi connectivity index (χ3v) is 6.17. The first-order valence-electron chi connectivity index (χ1n) is 11.7. The van der Waals surface area contributed by atoms with Crippen molar-refractivity contribution in [1.29, 1.82) is 0 Å². The molecule has 4 nitrogen and oxygen atoms in total. The van der Waals surface area contributed by atoms with Crippen LogP contribution in [0.2, 0.25) is 0 Å². The van der Waals surface area contributed by atoms with Crippen molar-refractivity contribution in [2.45, 2.75) is 0 Å². The van der Waals surface area contributed by atoms with E-state index in [9.17, 15) is 9.59 Å². The molecule has 4 aromatic rings. The molecule has 0 amide bonds. The lowest BCUT2D eigenvalue weighted by molar-refractivity contribution is 0.0921. The van der Waals surface area contributed by atoms with Crippen LogP contribution in [0.1, 0.15) is 20.7 Å². The van der Waals surface area contributed by atoms with Crippen LogP contribution in [-0.4, -0.2) is 41.1 Å². The second-order valence-corrected chi connectivity index (χ2v) is 8.67. The van der Waals surface area contributed by atoms with Crippen LogP contribution in [0.15, 0.2) is 122 Å². The number of carbonyl (C=O) groups excluding carboxylic acids is 2. The Morgan fingerprint density at radius 1 is 0.500 bits per heavy atom. The maximum atomic E-state index is 12.8.